The summed E-state index contributed by atoms with van der Waals surface area (Å²) in [4.78, 5) is 12.2. The molecule has 2 aromatic heterocycles. The van der Waals surface area contributed by atoms with Crippen LogP contribution in [0.3, 0.4) is 0 Å². The summed E-state index contributed by atoms with van der Waals surface area (Å²) in [5, 5.41) is 3.83. The van der Waals surface area contributed by atoms with Gasteiger partial charge in [-0.25, -0.2) is 0 Å². The van der Waals surface area contributed by atoms with E-state index in [1.807, 2.05) is 13.2 Å². The second kappa shape index (κ2) is 5.79. The van der Waals surface area contributed by atoms with E-state index in [0.717, 1.165) is 39.5 Å². The van der Waals surface area contributed by atoms with Gasteiger partial charge in [0.15, 0.2) is 5.76 Å². The van der Waals surface area contributed by atoms with Crippen LogP contribution in [-0.4, -0.2) is 17.3 Å². The molecular weight excluding hydrogens is 280 g/mol. The van der Waals surface area contributed by atoms with Crippen LogP contribution in [0.5, 0.6) is 0 Å². The van der Waals surface area contributed by atoms with E-state index in [4.69, 9.17) is 10.3 Å². The Hall–Kier alpha value is -1.27. The number of thioether (sulfide) groups is 1. The Morgan fingerprint density at radius 1 is 1.58 bits per heavy atom. The molecule has 4 nitrogen and oxygen atoms in total. The van der Waals surface area contributed by atoms with Gasteiger partial charge in [0.1, 0.15) is 0 Å². The number of aryl methyl sites for hydroxylation is 1. The number of amides is 1. The van der Waals surface area contributed by atoms with Crippen molar-refractivity contribution in [3.05, 3.63) is 22.2 Å². The highest BCUT2D eigenvalue weighted by atomic mass is 32.2. The molecule has 2 N–H and O–H groups in total. The first-order chi connectivity index (χ1) is 9.10. The molecule has 0 atom stereocenters. The summed E-state index contributed by atoms with van der Waals surface area (Å²) in [5.41, 5.74) is 8.44. The SMILES string of the molecule is CCCc1c(C(N)=O)sc(SC)c1-c1oncc1C. The first kappa shape index (κ1) is 14.1. The van der Waals surface area contributed by atoms with Crippen LogP contribution in [0, 0.1) is 6.92 Å². The topological polar surface area (TPSA) is 69.1 Å². The summed E-state index contributed by atoms with van der Waals surface area (Å²) in [7, 11) is 0. The third-order valence-corrected chi connectivity index (χ3v) is 5.23. The van der Waals surface area contributed by atoms with E-state index in [0.29, 0.717) is 4.88 Å². The largest absolute Gasteiger partial charge is 0.365 e. The van der Waals surface area contributed by atoms with E-state index in [-0.39, 0.29) is 5.91 Å². The van der Waals surface area contributed by atoms with Gasteiger partial charge in [-0.15, -0.1) is 23.1 Å². The number of aromatic nitrogens is 1. The normalized spacial score (nSPS) is 10.9. The van der Waals surface area contributed by atoms with E-state index in [1.165, 1.54) is 11.3 Å². The van der Waals surface area contributed by atoms with E-state index in [9.17, 15) is 4.79 Å². The molecule has 1 amide bonds. The van der Waals surface area contributed by atoms with Gasteiger partial charge < -0.3 is 10.3 Å². The lowest BCUT2D eigenvalue weighted by Crippen LogP contribution is -2.11. The second-order valence-corrected chi connectivity index (χ2v) is 6.32. The summed E-state index contributed by atoms with van der Waals surface area (Å²) in [6.07, 6.45) is 5.44. The summed E-state index contributed by atoms with van der Waals surface area (Å²) in [6, 6.07) is 0. The van der Waals surface area contributed by atoms with Crippen molar-refractivity contribution >= 4 is 29.0 Å². The Kier molecular flexibility index (Phi) is 4.31. The van der Waals surface area contributed by atoms with Crippen LogP contribution in [0.15, 0.2) is 14.9 Å². The molecule has 6 heteroatoms. The molecule has 0 spiro atoms. The van der Waals surface area contributed by atoms with Crippen LogP contribution < -0.4 is 5.73 Å². The van der Waals surface area contributed by atoms with Gasteiger partial charge in [0.2, 0.25) is 0 Å². The predicted molar refractivity (Wildman–Crippen MR) is 78.8 cm³/mol. The van der Waals surface area contributed by atoms with Crippen molar-refractivity contribution in [2.24, 2.45) is 5.73 Å². The quantitative estimate of drug-likeness (QED) is 0.858. The number of carbonyl (C=O) groups is 1. The first-order valence-electron chi connectivity index (χ1n) is 6.01. The Labute approximate surface area is 120 Å². The van der Waals surface area contributed by atoms with E-state index < -0.39 is 0 Å². The van der Waals surface area contributed by atoms with Gasteiger partial charge in [-0.3, -0.25) is 4.79 Å². The van der Waals surface area contributed by atoms with Gasteiger partial charge in [0.05, 0.1) is 15.3 Å². The number of nitrogens with zero attached hydrogens (tertiary/aromatic N) is 1. The molecule has 0 aliphatic rings. The molecule has 0 saturated carbocycles. The highest BCUT2D eigenvalue weighted by Crippen LogP contribution is 2.43. The van der Waals surface area contributed by atoms with Crippen LogP contribution in [-0.2, 0) is 6.42 Å². The highest BCUT2D eigenvalue weighted by Gasteiger charge is 2.24. The third-order valence-electron chi connectivity index (χ3n) is 2.86. The number of hydrogen-bond donors (Lipinski definition) is 1. The van der Waals surface area contributed by atoms with E-state index >= 15 is 0 Å². The minimum absolute atomic E-state index is 0.368. The summed E-state index contributed by atoms with van der Waals surface area (Å²) >= 11 is 3.05. The Balaban J connectivity index is 2.69. The molecule has 0 radical (unpaired) electrons. The minimum Gasteiger partial charge on any atom is -0.365 e. The number of carbonyl (C=O) groups excluding carboxylic acids is 1. The Morgan fingerprint density at radius 3 is 2.79 bits per heavy atom. The second-order valence-electron chi connectivity index (χ2n) is 4.23. The summed E-state index contributed by atoms with van der Waals surface area (Å²) in [6.45, 7) is 4.03. The van der Waals surface area contributed by atoms with Crippen LogP contribution in [0.4, 0.5) is 0 Å². The highest BCUT2D eigenvalue weighted by molar-refractivity contribution is 8.00. The molecule has 2 rings (SSSR count). The zero-order valence-electron chi connectivity index (χ0n) is 11.1. The lowest BCUT2D eigenvalue weighted by molar-refractivity contribution is 0.100. The first-order valence-corrected chi connectivity index (χ1v) is 8.05. The smallest absolute Gasteiger partial charge is 0.259 e. The van der Waals surface area contributed by atoms with Crippen molar-refractivity contribution in [2.75, 3.05) is 6.26 Å². The fraction of sp³-hybridized carbons (Fsp3) is 0.385. The molecular formula is C13H16N2O2S2. The lowest BCUT2D eigenvalue weighted by atomic mass is 10.0. The summed E-state index contributed by atoms with van der Waals surface area (Å²) in [5.74, 6) is 0.378. The van der Waals surface area contributed by atoms with Gasteiger partial charge in [0, 0.05) is 11.1 Å². The molecule has 0 aliphatic carbocycles. The lowest BCUT2D eigenvalue weighted by Gasteiger charge is -2.04. The van der Waals surface area contributed by atoms with Gasteiger partial charge in [-0.1, -0.05) is 18.5 Å². The monoisotopic (exact) mass is 296 g/mol. The zero-order valence-corrected chi connectivity index (χ0v) is 12.8. The van der Waals surface area contributed by atoms with Gasteiger partial charge in [0.25, 0.3) is 5.91 Å². The number of nitrogens with two attached hydrogens (primary N) is 1. The van der Waals surface area contributed by atoms with E-state index in [2.05, 4.69) is 12.1 Å². The Bertz CT molecular complexity index is 602. The van der Waals surface area contributed by atoms with Crippen molar-refractivity contribution in [1.29, 1.82) is 0 Å². The molecule has 0 aromatic carbocycles. The number of rotatable bonds is 5. The average molecular weight is 296 g/mol. The molecule has 0 fully saturated rings. The molecule has 0 saturated heterocycles. The van der Waals surface area contributed by atoms with Crippen molar-refractivity contribution in [3.8, 4) is 11.3 Å². The molecule has 2 aromatic rings. The van der Waals surface area contributed by atoms with Gasteiger partial charge >= 0.3 is 0 Å². The average Bonchev–Trinajstić information content (AvgIpc) is 2.93. The molecule has 0 bridgehead atoms. The zero-order chi connectivity index (χ0) is 14.0. The van der Waals surface area contributed by atoms with Gasteiger partial charge in [-0.2, -0.15) is 0 Å². The molecule has 0 aliphatic heterocycles. The maximum atomic E-state index is 11.6. The molecule has 2 heterocycles. The van der Waals surface area contributed by atoms with Crippen LogP contribution >= 0.6 is 23.1 Å². The van der Waals surface area contributed by atoms with Crippen LogP contribution in [0.1, 0.15) is 34.1 Å². The van der Waals surface area contributed by atoms with E-state index in [1.54, 1.807) is 18.0 Å². The maximum absolute atomic E-state index is 11.6. The van der Waals surface area contributed by atoms with Gasteiger partial charge in [-0.05, 0) is 25.2 Å². The van der Waals surface area contributed by atoms with Crippen molar-refractivity contribution in [1.82, 2.24) is 5.16 Å². The molecule has 19 heavy (non-hydrogen) atoms. The predicted octanol–water partition coefficient (Wildman–Crippen LogP) is 3.48. The third kappa shape index (κ3) is 2.55. The fourth-order valence-electron chi connectivity index (χ4n) is 2.03. The van der Waals surface area contributed by atoms with Crippen LogP contribution in [0.2, 0.25) is 0 Å². The molecule has 102 valence electrons. The standard InChI is InChI=1S/C13H16N2O2S2/c1-4-5-8-9(10-7(2)6-15-17-10)13(18-3)19-11(8)12(14)16/h6H,4-5H2,1-3H3,(H2,14,16). The molecule has 0 unspecified atom stereocenters. The number of hydrogen-bond acceptors (Lipinski definition) is 5. The number of primary amides is 1. The minimum atomic E-state index is -0.368. The number of thiophene rings is 1. The van der Waals surface area contributed by atoms with Crippen molar-refractivity contribution in [3.63, 3.8) is 0 Å². The summed E-state index contributed by atoms with van der Waals surface area (Å²) < 4.78 is 6.42. The van der Waals surface area contributed by atoms with Crippen LogP contribution in [0.25, 0.3) is 11.3 Å². The Morgan fingerprint density at radius 2 is 2.32 bits per heavy atom. The van der Waals surface area contributed by atoms with Crippen molar-refractivity contribution < 1.29 is 9.32 Å². The maximum Gasteiger partial charge on any atom is 0.259 e. The van der Waals surface area contributed by atoms with Crippen molar-refractivity contribution in [2.45, 2.75) is 30.9 Å². The fourth-order valence-corrected chi connectivity index (χ4v) is 3.97.